The minimum atomic E-state index is -3.79. The topological polar surface area (TPSA) is 66.4 Å². The van der Waals surface area contributed by atoms with Crippen LogP contribution in [-0.2, 0) is 10.0 Å². The molecular formula is C12H16ClF2NO3S2. The van der Waals surface area contributed by atoms with Crippen molar-refractivity contribution in [2.24, 2.45) is 5.92 Å². The minimum Gasteiger partial charge on any atom is -0.395 e. The molecule has 0 bridgehead atoms. The lowest BCUT2D eigenvalue weighted by atomic mass is 9.82. The van der Waals surface area contributed by atoms with Crippen LogP contribution in [0.15, 0.2) is 16.3 Å². The van der Waals surface area contributed by atoms with E-state index in [1.165, 1.54) is 12.1 Å². The Morgan fingerprint density at radius 3 is 2.52 bits per heavy atom. The maximum absolute atomic E-state index is 13.1. The standard InChI is InChI=1S/C12H16ClF2NO3S2/c13-10-1-2-11(20-10)21(18,19)16-9(7-17)8-3-5-12(14,15)6-4-8/h1-2,8-9,16-17H,3-7H2. The summed E-state index contributed by atoms with van der Waals surface area (Å²) in [5.41, 5.74) is 0. The molecular weight excluding hydrogens is 344 g/mol. The van der Waals surface area contributed by atoms with Crippen molar-refractivity contribution in [3.63, 3.8) is 0 Å². The third-order valence-corrected chi connectivity index (χ3v) is 6.86. The maximum Gasteiger partial charge on any atom is 0.250 e. The average Bonchev–Trinajstić information content (AvgIpc) is 2.84. The largest absolute Gasteiger partial charge is 0.395 e. The van der Waals surface area contributed by atoms with Gasteiger partial charge in [0, 0.05) is 18.9 Å². The Morgan fingerprint density at radius 1 is 1.43 bits per heavy atom. The van der Waals surface area contributed by atoms with E-state index in [2.05, 4.69) is 4.72 Å². The molecule has 1 unspecified atom stereocenters. The van der Waals surface area contributed by atoms with Gasteiger partial charge in [0.15, 0.2) is 0 Å². The number of aliphatic hydroxyl groups excluding tert-OH is 1. The molecule has 0 amide bonds. The highest BCUT2D eigenvalue weighted by atomic mass is 35.5. The molecule has 1 atom stereocenters. The van der Waals surface area contributed by atoms with Gasteiger partial charge in [0.25, 0.3) is 0 Å². The van der Waals surface area contributed by atoms with Crippen LogP contribution in [0.5, 0.6) is 0 Å². The Morgan fingerprint density at radius 2 is 2.05 bits per heavy atom. The van der Waals surface area contributed by atoms with Crippen molar-refractivity contribution in [1.29, 1.82) is 0 Å². The van der Waals surface area contributed by atoms with Gasteiger partial charge in [0.2, 0.25) is 15.9 Å². The first-order chi connectivity index (χ1) is 9.73. The fourth-order valence-electron chi connectivity index (χ4n) is 2.45. The van der Waals surface area contributed by atoms with Crippen molar-refractivity contribution in [3.05, 3.63) is 16.5 Å². The van der Waals surface area contributed by atoms with Crippen LogP contribution in [0, 0.1) is 5.92 Å². The summed E-state index contributed by atoms with van der Waals surface area (Å²) in [6.45, 7) is -0.422. The zero-order valence-electron chi connectivity index (χ0n) is 11.1. The summed E-state index contributed by atoms with van der Waals surface area (Å²) in [5, 5.41) is 9.39. The number of hydrogen-bond donors (Lipinski definition) is 2. The summed E-state index contributed by atoms with van der Waals surface area (Å²) in [6, 6.07) is 2.08. The van der Waals surface area contributed by atoms with E-state index in [1.54, 1.807) is 0 Å². The summed E-state index contributed by atoms with van der Waals surface area (Å²) < 4.78 is 53.4. The van der Waals surface area contributed by atoms with Gasteiger partial charge in [-0.1, -0.05) is 11.6 Å². The number of thiophene rings is 1. The predicted octanol–water partition coefficient (Wildman–Crippen LogP) is 2.87. The molecule has 1 fully saturated rings. The average molecular weight is 360 g/mol. The molecule has 4 nitrogen and oxygen atoms in total. The zero-order valence-corrected chi connectivity index (χ0v) is 13.4. The van der Waals surface area contributed by atoms with E-state index in [4.69, 9.17) is 11.6 Å². The van der Waals surface area contributed by atoms with Crippen LogP contribution in [-0.4, -0.2) is 32.1 Å². The maximum atomic E-state index is 13.1. The third-order valence-electron chi connectivity index (χ3n) is 3.65. The van der Waals surface area contributed by atoms with Gasteiger partial charge in [0.05, 0.1) is 10.9 Å². The second-order valence-electron chi connectivity index (χ2n) is 5.16. The van der Waals surface area contributed by atoms with Gasteiger partial charge in [-0.15, -0.1) is 11.3 Å². The Kier molecular flexibility index (Phi) is 5.25. The van der Waals surface area contributed by atoms with Crippen LogP contribution in [0.25, 0.3) is 0 Å². The molecule has 0 saturated heterocycles. The van der Waals surface area contributed by atoms with Gasteiger partial charge in [-0.3, -0.25) is 0 Å². The van der Waals surface area contributed by atoms with Crippen molar-refractivity contribution >= 4 is 33.0 Å². The van der Waals surface area contributed by atoms with Crippen LogP contribution in [0.1, 0.15) is 25.7 Å². The second-order valence-corrected chi connectivity index (χ2v) is 8.82. The summed E-state index contributed by atoms with van der Waals surface area (Å²) in [7, 11) is -3.79. The number of rotatable bonds is 5. The molecule has 0 aliphatic heterocycles. The van der Waals surface area contributed by atoms with E-state index in [0.29, 0.717) is 4.34 Å². The molecule has 2 rings (SSSR count). The quantitative estimate of drug-likeness (QED) is 0.849. The molecule has 0 spiro atoms. The molecule has 1 aromatic heterocycles. The van der Waals surface area contributed by atoms with Crippen LogP contribution < -0.4 is 4.72 Å². The number of alkyl halides is 2. The fourth-order valence-corrected chi connectivity index (χ4v) is 5.24. The van der Waals surface area contributed by atoms with Gasteiger partial charge in [-0.2, -0.15) is 0 Å². The highest BCUT2D eigenvalue weighted by Gasteiger charge is 2.38. The Labute approximate surface area is 131 Å². The third kappa shape index (κ3) is 4.35. The molecule has 1 aliphatic carbocycles. The van der Waals surface area contributed by atoms with Crippen molar-refractivity contribution in [2.75, 3.05) is 6.61 Å². The van der Waals surface area contributed by atoms with E-state index in [0.717, 1.165) is 11.3 Å². The minimum absolute atomic E-state index is 0.0482. The van der Waals surface area contributed by atoms with E-state index >= 15 is 0 Å². The first-order valence-electron chi connectivity index (χ1n) is 6.50. The second kappa shape index (κ2) is 6.45. The lowest BCUT2D eigenvalue weighted by Gasteiger charge is -2.33. The number of nitrogens with one attached hydrogen (secondary N) is 1. The van der Waals surface area contributed by atoms with E-state index in [-0.39, 0.29) is 35.8 Å². The number of halogens is 3. The monoisotopic (exact) mass is 359 g/mol. The van der Waals surface area contributed by atoms with Gasteiger partial charge in [0.1, 0.15) is 4.21 Å². The summed E-state index contributed by atoms with van der Waals surface area (Å²) in [5.74, 6) is -2.98. The Bertz CT molecular complexity index is 581. The van der Waals surface area contributed by atoms with Crippen LogP contribution >= 0.6 is 22.9 Å². The van der Waals surface area contributed by atoms with Crippen LogP contribution in [0.4, 0.5) is 8.78 Å². The molecule has 1 saturated carbocycles. The molecule has 0 aromatic carbocycles. The normalized spacial score (nSPS) is 21.3. The molecule has 0 radical (unpaired) electrons. The number of aliphatic hydroxyl groups is 1. The molecule has 120 valence electrons. The van der Waals surface area contributed by atoms with E-state index in [9.17, 15) is 22.3 Å². The van der Waals surface area contributed by atoms with Gasteiger partial charge < -0.3 is 5.11 Å². The van der Waals surface area contributed by atoms with Gasteiger partial charge >= 0.3 is 0 Å². The molecule has 1 aromatic rings. The lowest BCUT2D eigenvalue weighted by molar-refractivity contribution is -0.0506. The van der Waals surface area contributed by atoms with E-state index < -0.39 is 28.6 Å². The highest BCUT2D eigenvalue weighted by Crippen LogP contribution is 2.37. The first kappa shape index (κ1) is 17.1. The molecule has 1 heterocycles. The Balaban J connectivity index is 2.06. The number of sulfonamides is 1. The number of hydrogen-bond acceptors (Lipinski definition) is 4. The highest BCUT2D eigenvalue weighted by molar-refractivity contribution is 7.91. The summed E-state index contributed by atoms with van der Waals surface area (Å²) in [6.07, 6.45) is -0.181. The van der Waals surface area contributed by atoms with Crippen molar-refractivity contribution in [2.45, 2.75) is 41.9 Å². The van der Waals surface area contributed by atoms with Crippen molar-refractivity contribution in [1.82, 2.24) is 4.72 Å². The summed E-state index contributed by atoms with van der Waals surface area (Å²) in [4.78, 5) is 0. The lowest BCUT2D eigenvalue weighted by Crippen LogP contribution is -2.44. The van der Waals surface area contributed by atoms with Crippen LogP contribution in [0.2, 0.25) is 4.34 Å². The first-order valence-corrected chi connectivity index (χ1v) is 9.18. The predicted molar refractivity (Wildman–Crippen MR) is 77.4 cm³/mol. The van der Waals surface area contributed by atoms with Crippen molar-refractivity contribution in [3.8, 4) is 0 Å². The molecule has 1 aliphatic rings. The molecule has 2 N–H and O–H groups in total. The van der Waals surface area contributed by atoms with Crippen molar-refractivity contribution < 1.29 is 22.3 Å². The summed E-state index contributed by atoms with van der Waals surface area (Å²) >= 11 is 6.62. The van der Waals surface area contributed by atoms with Crippen LogP contribution in [0.3, 0.4) is 0 Å². The van der Waals surface area contributed by atoms with Gasteiger partial charge in [-0.25, -0.2) is 21.9 Å². The fraction of sp³-hybridized carbons (Fsp3) is 0.667. The van der Waals surface area contributed by atoms with Gasteiger partial charge in [-0.05, 0) is 30.9 Å². The molecule has 21 heavy (non-hydrogen) atoms. The SMILES string of the molecule is O=S(=O)(NC(CO)C1CCC(F)(F)CC1)c1ccc(Cl)s1. The van der Waals surface area contributed by atoms with E-state index in [1.807, 2.05) is 0 Å². The zero-order chi connectivity index (χ0) is 15.7. The molecule has 9 heteroatoms. The Hall–Kier alpha value is -0.280. The smallest absolute Gasteiger partial charge is 0.250 e.